The summed E-state index contributed by atoms with van der Waals surface area (Å²) in [5, 5.41) is 16.3. The molecule has 38 valence electrons. The van der Waals surface area contributed by atoms with Gasteiger partial charge in [-0.15, -0.1) is 0 Å². The summed E-state index contributed by atoms with van der Waals surface area (Å²) < 4.78 is 0. The lowest BCUT2D eigenvalue weighted by molar-refractivity contribution is -0.0411. The van der Waals surface area contributed by atoms with Crippen LogP contribution in [-0.4, -0.2) is 26.7 Å². The molecular formula is C3H10O2Si. The SMILES string of the molecule is OC(O)CC[SiH3]. The molecule has 0 aromatic rings. The summed E-state index contributed by atoms with van der Waals surface area (Å²) in [6, 6.07) is 0.970. The Morgan fingerprint density at radius 1 is 1.50 bits per heavy atom. The van der Waals surface area contributed by atoms with Crippen LogP contribution < -0.4 is 0 Å². The van der Waals surface area contributed by atoms with Crippen LogP contribution in [0.25, 0.3) is 0 Å². The van der Waals surface area contributed by atoms with Crippen molar-refractivity contribution in [1.82, 2.24) is 0 Å². The second-order valence-corrected chi connectivity index (χ2v) is 2.27. The zero-order valence-electron chi connectivity index (χ0n) is 3.89. The number of hydrogen-bond donors (Lipinski definition) is 2. The predicted molar refractivity (Wildman–Crippen MR) is 27.6 cm³/mol. The van der Waals surface area contributed by atoms with Gasteiger partial charge >= 0.3 is 0 Å². The second kappa shape index (κ2) is 3.33. The van der Waals surface area contributed by atoms with E-state index >= 15 is 0 Å². The van der Waals surface area contributed by atoms with Crippen LogP contribution in [0.5, 0.6) is 0 Å². The Hall–Kier alpha value is 0.137. The summed E-state index contributed by atoms with van der Waals surface area (Å²) in [6.45, 7) is 0. The van der Waals surface area contributed by atoms with Crippen molar-refractivity contribution in [2.24, 2.45) is 0 Å². The first-order valence-electron chi connectivity index (χ1n) is 2.13. The molecule has 0 bridgehead atoms. The van der Waals surface area contributed by atoms with Gasteiger partial charge in [0, 0.05) is 10.2 Å². The summed E-state index contributed by atoms with van der Waals surface area (Å²) in [7, 11) is 1.07. The second-order valence-electron chi connectivity index (χ2n) is 1.27. The predicted octanol–water partition coefficient (Wildman–Crippen LogP) is -1.53. The van der Waals surface area contributed by atoms with Crippen LogP contribution in [0.2, 0.25) is 6.04 Å². The van der Waals surface area contributed by atoms with Gasteiger partial charge in [0.1, 0.15) is 0 Å². The lowest BCUT2D eigenvalue weighted by atomic mass is 10.5. The maximum absolute atomic E-state index is 8.13. The third-order valence-corrected chi connectivity index (χ3v) is 1.12. The molecule has 0 saturated heterocycles. The molecule has 0 aliphatic carbocycles. The summed E-state index contributed by atoms with van der Waals surface area (Å²) in [4.78, 5) is 0. The molecule has 0 amide bonds. The fraction of sp³-hybridized carbons (Fsp3) is 1.00. The molecule has 0 fully saturated rings. The Balaban J connectivity index is 2.63. The van der Waals surface area contributed by atoms with E-state index in [1.165, 1.54) is 0 Å². The summed E-state index contributed by atoms with van der Waals surface area (Å²) in [5.41, 5.74) is 0. The minimum absolute atomic E-state index is 0.548. The monoisotopic (exact) mass is 106 g/mol. The molecule has 0 heterocycles. The molecule has 0 spiro atoms. The molecule has 3 heteroatoms. The van der Waals surface area contributed by atoms with E-state index in [2.05, 4.69) is 0 Å². The first-order valence-corrected chi connectivity index (χ1v) is 3.55. The van der Waals surface area contributed by atoms with E-state index in [0.717, 1.165) is 16.3 Å². The summed E-state index contributed by atoms with van der Waals surface area (Å²) in [5.74, 6) is 0. The molecule has 0 aliphatic heterocycles. The lowest BCUT2D eigenvalue weighted by Gasteiger charge is -1.94. The van der Waals surface area contributed by atoms with E-state index in [-0.39, 0.29) is 0 Å². The van der Waals surface area contributed by atoms with Gasteiger partial charge in [0.25, 0.3) is 0 Å². The lowest BCUT2D eigenvalue weighted by Crippen LogP contribution is -2.01. The molecule has 6 heavy (non-hydrogen) atoms. The van der Waals surface area contributed by atoms with Crippen molar-refractivity contribution in [3.8, 4) is 0 Å². The van der Waals surface area contributed by atoms with Gasteiger partial charge in [0.05, 0.1) is 0 Å². The van der Waals surface area contributed by atoms with Crippen LogP contribution in [0.3, 0.4) is 0 Å². The minimum Gasteiger partial charge on any atom is -0.368 e. The molecular weight excluding hydrogens is 96.1 g/mol. The molecule has 0 aromatic heterocycles. The average molecular weight is 106 g/mol. The summed E-state index contributed by atoms with van der Waals surface area (Å²) >= 11 is 0. The Labute approximate surface area is 40.2 Å². The van der Waals surface area contributed by atoms with Crippen molar-refractivity contribution in [2.75, 3.05) is 0 Å². The molecule has 0 unspecified atom stereocenters. The number of aliphatic hydroxyl groups excluding tert-OH is 1. The van der Waals surface area contributed by atoms with Crippen molar-refractivity contribution in [3.05, 3.63) is 0 Å². The van der Waals surface area contributed by atoms with Gasteiger partial charge in [-0.2, -0.15) is 0 Å². The van der Waals surface area contributed by atoms with Crippen molar-refractivity contribution in [2.45, 2.75) is 18.8 Å². The number of hydrogen-bond acceptors (Lipinski definition) is 2. The maximum Gasteiger partial charge on any atom is 0.151 e. The third kappa shape index (κ3) is 4.14. The molecule has 0 aromatic carbocycles. The van der Waals surface area contributed by atoms with Crippen LogP contribution >= 0.6 is 0 Å². The summed E-state index contributed by atoms with van der Waals surface area (Å²) in [6.07, 6.45) is -0.519. The fourth-order valence-corrected chi connectivity index (χ4v) is 0.775. The largest absolute Gasteiger partial charge is 0.368 e. The van der Waals surface area contributed by atoms with Crippen molar-refractivity contribution in [3.63, 3.8) is 0 Å². The molecule has 0 aliphatic rings. The van der Waals surface area contributed by atoms with Crippen LogP contribution in [0, 0.1) is 0 Å². The first-order chi connectivity index (χ1) is 2.77. The highest BCUT2D eigenvalue weighted by Crippen LogP contribution is 1.86. The highest BCUT2D eigenvalue weighted by molar-refractivity contribution is 6.08. The number of rotatable bonds is 2. The smallest absolute Gasteiger partial charge is 0.151 e. The van der Waals surface area contributed by atoms with E-state index < -0.39 is 6.29 Å². The Bertz CT molecular complexity index is 30.0. The molecule has 0 radical (unpaired) electrons. The Kier molecular flexibility index (Phi) is 3.41. The topological polar surface area (TPSA) is 40.5 Å². The highest BCUT2D eigenvalue weighted by Gasteiger charge is 1.89. The van der Waals surface area contributed by atoms with Crippen LogP contribution in [0.4, 0.5) is 0 Å². The van der Waals surface area contributed by atoms with E-state index in [4.69, 9.17) is 10.2 Å². The fourth-order valence-electron chi connectivity index (χ4n) is 0.258. The van der Waals surface area contributed by atoms with Gasteiger partial charge in [0.15, 0.2) is 6.29 Å². The first kappa shape index (κ1) is 6.14. The zero-order chi connectivity index (χ0) is 4.99. The Morgan fingerprint density at radius 3 is 2.00 bits per heavy atom. The van der Waals surface area contributed by atoms with E-state index in [0.29, 0.717) is 6.42 Å². The standard InChI is InChI=1S/C3H10O2Si/c4-3(5)1-2-6/h3-5H,1-2H2,6H3. The molecule has 0 saturated carbocycles. The average Bonchev–Trinajstić information content (AvgIpc) is 1.35. The van der Waals surface area contributed by atoms with Crippen LogP contribution in [0.1, 0.15) is 6.42 Å². The van der Waals surface area contributed by atoms with E-state index in [1.807, 2.05) is 0 Å². The Morgan fingerprint density at radius 2 is 2.00 bits per heavy atom. The zero-order valence-corrected chi connectivity index (χ0v) is 5.89. The van der Waals surface area contributed by atoms with Gasteiger partial charge in [0.2, 0.25) is 0 Å². The maximum atomic E-state index is 8.13. The van der Waals surface area contributed by atoms with E-state index in [1.54, 1.807) is 0 Å². The molecule has 0 rings (SSSR count). The van der Waals surface area contributed by atoms with Crippen molar-refractivity contribution < 1.29 is 10.2 Å². The molecule has 2 nitrogen and oxygen atoms in total. The quantitative estimate of drug-likeness (QED) is 0.331. The van der Waals surface area contributed by atoms with Gasteiger partial charge in [-0.1, -0.05) is 6.04 Å². The molecule has 0 atom stereocenters. The van der Waals surface area contributed by atoms with Gasteiger partial charge in [-0.25, -0.2) is 0 Å². The van der Waals surface area contributed by atoms with E-state index in [9.17, 15) is 0 Å². The third-order valence-electron chi connectivity index (χ3n) is 0.547. The normalized spacial score (nSPS) is 10.5. The van der Waals surface area contributed by atoms with Crippen LogP contribution in [0.15, 0.2) is 0 Å². The minimum atomic E-state index is -1.07. The molecule has 2 N–H and O–H groups in total. The number of aliphatic hydroxyl groups is 2. The highest BCUT2D eigenvalue weighted by atomic mass is 28.1. The van der Waals surface area contributed by atoms with Crippen molar-refractivity contribution >= 4 is 10.2 Å². The van der Waals surface area contributed by atoms with Crippen molar-refractivity contribution in [1.29, 1.82) is 0 Å². The van der Waals surface area contributed by atoms with Gasteiger partial charge < -0.3 is 10.2 Å². The van der Waals surface area contributed by atoms with Gasteiger partial charge in [-0.3, -0.25) is 0 Å². The van der Waals surface area contributed by atoms with Crippen LogP contribution in [-0.2, 0) is 0 Å². The van der Waals surface area contributed by atoms with Gasteiger partial charge in [-0.05, 0) is 6.42 Å².